The molecule has 0 saturated heterocycles. The summed E-state index contributed by atoms with van der Waals surface area (Å²) in [4.78, 5) is 11.1. The van der Waals surface area contributed by atoms with Crippen LogP contribution < -0.4 is 0 Å². The van der Waals surface area contributed by atoms with E-state index in [1.54, 1.807) is 11.8 Å². The molecule has 1 aliphatic rings. The van der Waals surface area contributed by atoms with E-state index in [2.05, 4.69) is 30.7 Å². The fraction of sp³-hybridized carbons (Fsp3) is 0.667. The van der Waals surface area contributed by atoms with E-state index in [4.69, 9.17) is 0 Å². The lowest BCUT2D eigenvalue weighted by Gasteiger charge is -2.35. The number of carbonyl (C=O) groups is 1. The van der Waals surface area contributed by atoms with E-state index in [9.17, 15) is 9.90 Å². The van der Waals surface area contributed by atoms with Gasteiger partial charge in [0.2, 0.25) is 0 Å². The number of benzene rings is 1. The number of thioether (sulfide) groups is 1. The highest BCUT2D eigenvalue weighted by molar-refractivity contribution is 7.99. The maximum absolute atomic E-state index is 11.1. The third-order valence-corrected chi connectivity index (χ3v) is 6.42. The zero-order chi connectivity index (χ0) is 18.3. The molecule has 0 atom stereocenters. The van der Waals surface area contributed by atoms with Gasteiger partial charge in [-0.3, -0.25) is 4.79 Å². The number of hydrogen-bond donors (Lipinski definition) is 1. The fourth-order valence-electron chi connectivity index (χ4n) is 3.83. The van der Waals surface area contributed by atoms with Crippen LogP contribution in [0.1, 0.15) is 68.6 Å². The van der Waals surface area contributed by atoms with Gasteiger partial charge >= 0.3 is 5.97 Å². The molecule has 0 unspecified atom stereocenters. The number of rotatable bonds is 8. The largest absolute Gasteiger partial charge is 0.507 e. The van der Waals surface area contributed by atoms with Crippen LogP contribution in [-0.4, -0.2) is 29.7 Å². The van der Waals surface area contributed by atoms with Crippen LogP contribution in [0.2, 0.25) is 0 Å². The van der Waals surface area contributed by atoms with Crippen molar-refractivity contribution < 1.29 is 14.6 Å². The van der Waals surface area contributed by atoms with E-state index in [0.717, 1.165) is 35.5 Å². The van der Waals surface area contributed by atoms with Gasteiger partial charge in [0.1, 0.15) is 5.75 Å². The number of phenolic OH excluding ortho intramolecular Hbond substituents is 1. The lowest BCUT2D eigenvalue weighted by Crippen LogP contribution is -2.25. The Balaban J connectivity index is 1.94. The molecule has 1 aromatic rings. The first kappa shape index (κ1) is 20.2. The molecule has 25 heavy (non-hydrogen) atoms. The number of hydrogen-bond acceptors (Lipinski definition) is 4. The first-order chi connectivity index (χ1) is 12.0. The van der Waals surface area contributed by atoms with Crippen LogP contribution in [0.5, 0.6) is 5.75 Å². The van der Waals surface area contributed by atoms with Gasteiger partial charge in [0.25, 0.3) is 0 Å². The summed E-state index contributed by atoms with van der Waals surface area (Å²) in [5, 5.41) is 10.9. The Bertz CT molecular complexity index is 577. The van der Waals surface area contributed by atoms with E-state index in [1.807, 2.05) is 0 Å². The summed E-state index contributed by atoms with van der Waals surface area (Å²) >= 11 is 1.78. The molecule has 3 nitrogen and oxygen atoms in total. The van der Waals surface area contributed by atoms with Gasteiger partial charge in [0.05, 0.1) is 13.5 Å². The van der Waals surface area contributed by atoms with Crippen molar-refractivity contribution in [2.45, 2.75) is 70.6 Å². The van der Waals surface area contributed by atoms with Crippen LogP contribution in [0.4, 0.5) is 0 Å². The average Bonchev–Trinajstić information content (AvgIpc) is 2.60. The third-order valence-electron chi connectivity index (χ3n) is 5.35. The highest BCUT2D eigenvalue weighted by Gasteiger charge is 2.32. The molecule has 0 bridgehead atoms. The molecule has 0 heterocycles. The smallest absolute Gasteiger partial charge is 0.306 e. The van der Waals surface area contributed by atoms with Gasteiger partial charge in [-0.25, -0.2) is 0 Å². The standard InChI is InChI=1S/C21H32O3S/c1-16-14-17(8-7-12-25-13-9-19(22)24-3)20(23)18(15-16)21(2)10-5-4-6-11-21/h14-15,23H,4-13H2,1-3H3. The maximum atomic E-state index is 11.1. The van der Waals surface area contributed by atoms with Gasteiger partial charge in [0.15, 0.2) is 0 Å². The first-order valence-corrected chi connectivity index (χ1v) is 10.6. The molecule has 1 saturated carbocycles. The molecule has 1 fully saturated rings. The van der Waals surface area contributed by atoms with Gasteiger partial charge in [-0.05, 0) is 49.3 Å². The maximum Gasteiger partial charge on any atom is 0.306 e. The highest BCUT2D eigenvalue weighted by Crippen LogP contribution is 2.44. The van der Waals surface area contributed by atoms with Gasteiger partial charge in [-0.2, -0.15) is 11.8 Å². The molecule has 4 heteroatoms. The van der Waals surface area contributed by atoms with E-state index >= 15 is 0 Å². The van der Waals surface area contributed by atoms with E-state index in [0.29, 0.717) is 12.2 Å². The molecule has 0 aromatic heterocycles. The summed E-state index contributed by atoms with van der Waals surface area (Å²) in [7, 11) is 1.43. The summed E-state index contributed by atoms with van der Waals surface area (Å²) in [5.74, 6) is 2.18. The Morgan fingerprint density at radius 2 is 1.96 bits per heavy atom. The van der Waals surface area contributed by atoms with Crippen LogP contribution in [0, 0.1) is 6.92 Å². The molecule has 0 amide bonds. The molecule has 0 radical (unpaired) electrons. The van der Waals surface area contributed by atoms with Crippen molar-refractivity contribution in [2.24, 2.45) is 0 Å². The van der Waals surface area contributed by atoms with Crippen molar-refractivity contribution in [1.82, 2.24) is 0 Å². The average molecular weight is 365 g/mol. The summed E-state index contributed by atoms with van der Waals surface area (Å²) in [6, 6.07) is 4.32. The van der Waals surface area contributed by atoms with Crippen molar-refractivity contribution in [3.8, 4) is 5.75 Å². The summed E-state index contributed by atoms with van der Waals surface area (Å²) in [5.41, 5.74) is 3.60. The summed E-state index contributed by atoms with van der Waals surface area (Å²) in [6.45, 7) is 4.44. The van der Waals surface area contributed by atoms with Crippen molar-refractivity contribution in [2.75, 3.05) is 18.6 Å². The molecular weight excluding hydrogens is 332 g/mol. The lowest BCUT2D eigenvalue weighted by molar-refractivity contribution is -0.140. The second-order valence-corrected chi connectivity index (χ2v) is 8.71. The van der Waals surface area contributed by atoms with Gasteiger partial charge < -0.3 is 9.84 Å². The molecule has 1 aliphatic carbocycles. The Kier molecular flexibility index (Phi) is 7.67. The second-order valence-electron chi connectivity index (χ2n) is 7.48. The van der Waals surface area contributed by atoms with Crippen molar-refractivity contribution in [3.05, 3.63) is 28.8 Å². The van der Waals surface area contributed by atoms with Crippen LogP contribution in [0.15, 0.2) is 12.1 Å². The predicted molar refractivity (Wildman–Crippen MR) is 106 cm³/mol. The van der Waals surface area contributed by atoms with E-state index in [-0.39, 0.29) is 11.4 Å². The molecule has 1 aromatic carbocycles. The number of esters is 1. The minimum Gasteiger partial charge on any atom is -0.507 e. The number of phenols is 1. The van der Waals surface area contributed by atoms with Gasteiger partial charge in [0, 0.05) is 11.3 Å². The minimum absolute atomic E-state index is 0.123. The van der Waals surface area contributed by atoms with Gasteiger partial charge in [-0.1, -0.05) is 43.9 Å². The highest BCUT2D eigenvalue weighted by atomic mass is 32.2. The molecule has 140 valence electrons. The molecule has 0 spiro atoms. The molecule has 0 aliphatic heterocycles. The van der Waals surface area contributed by atoms with Crippen LogP contribution in [0.25, 0.3) is 0 Å². The van der Waals surface area contributed by atoms with Crippen LogP contribution in [-0.2, 0) is 21.4 Å². The number of carbonyl (C=O) groups excluding carboxylic acids is 1. The number of aryl methyl sites for hydroxylation is 2. The van der Waals surface area contributed by atoms with Crippen molar-refractivity contribution in [1.29, 1.82) is 0 Å². The summed E-state index contributed by atoms with van der Waals surface area (Å²) in [6.07, 6.45) is 8.56. The van der Waals surface area contributed by atoms with Gasteiger partial charge in [-0.15, -0.1) is 0 Å². The molecular formula is C21H32O3S. The molecule has 2 rings (SSSR count). The van der Waals surface area contributed by atoms with Crippen LogP contribution >= 0.6 is 11.8 Å². The minimum atomic E-state index is -0.144. The van der Waals surface area contributed by atoms with Crippen molar-refractivity contribution >= 4 is 17.7 Å². The third kappa shape index (κ3) is 5.67. The quantitative estimate of drug-likeness (QED) is 0.512. The normalized spacial score (nSPS) is 16.6. The van der Waals surface area contributed by atoms with E-state index < -0.39 is 0 Å². The Morgan fingerprint density at radius 3 is 2.64 bits per heavy atom. The Hall–Kier alpha value is -1.16. The monoisotopic (exact) mass is 364 g/mol. The fourth-order valence-corrected chi connectivity index (χ4v) is 4.69. The zero-order valence-electron chi connectivity index (χ0n) is 15.9. The number of aromatic hydroxyl groups is 1. The molecule has 1 N–H and O–H groups in total. The second kappa shape index (κ2) is 9.51. The lowest BCUT2D eigenvalue weighted by atomic mass is 9.70. The Labute approximate surface area is 156 Å². The SMILES string of the molecule is COC(=O)CCSCCCc1cc(C)cc(C2(C)CCCCC2)c1O. The Morgan fingerprint density at radius 1 is 1.24 bits per heavy atom. The first-order valence-electron chi connectivity index (χ1n) is 9.44. The summed E-state index contributed by atoms with van der Waals surface area (Å²) < 4.78 is 4.65. The topological polar surface area (TPSA) is 46.5 Å². The number of ether oxygens (including phenoxy) is 1. The van der Waals surface area contributed by atoms with Crippen molar-refractivity contribution in [3.63, 3.8) is 0 Å². The number of methoxy groups -OCH3 is 1. The zero-order valence-corrected chi connectivity index (χ0v) is 16.7. The van der Waals surface area contributed by atoms with E-state index in [1.165, 1.54) is 44.8 Å². The predicted octanol–water partition coefficient (Wildman–Crippen LogP) is 5.15. The van der Waals surface area contributed by atoms with Crippen LogP contribution in [0.3, 0.4) is 0 Å².